The Balaban J connectivity index is 0.000000188. The highest BCUT2D eigenvalue weighted by Crippen LogP contribution is 2.34. The first-order chi connectivity index (χ1) is 29.6. The van der Waals surface area contributed by atoms with Crippen LogP contribution in [0, 0.1) is 33.6 Å². The average molecular weight is 799 g/mol. The van der Waals surface area contributed by atoms with Gasteiger partial charge in [-0.2, -0.15) is 0 Å². The number of hydrogen-bond acceptors (Lipinski definition) is 2. The van der Waals surface area contributed by atoms with Crippen LogP contribution in [0.1, 0.15) is 75.1 Å². The second kappa shape index (κ2) is 21.7. The molecule has 0 fully saturated rings. The van der Waals surface area contributed by atoms with Crippen LogP contribution in [0.4, 0.5) is 0 Å². The van der Waals surface area contributed by atoms with Crippen molar-refractivity contribution in [2.45, 2.75) is 80.6 Å². The first-order valence-corrected chi connectivity index (χ1v) is 21.9. The third-order valence-corrected chi connectivity index (χ3v) is 11.7. The SMILES string of the molecule is C=C(/C=C\C=C/C)C1=C(C)C=CCC1.CC1CC=CC=C1C1=CCCC=N1.Cc1ccccc1-c1cc(-c2cccc(-c3ccc(C)c(-c4ccccc4C)c3)n2)ccc1C. The number of pyridine rings is 1. The summed E-state index contributed by atoms with van der Waals surface area (Å²) in [4.78, 5) is 9.52. The van der Waals surface area contributed by atoms with Gasteiger partial charge in [0.05, 0.1) is 17.1 Å². The number of allylic oxidation sites excluding steroid dienone is 14. The molecule has 2 aliphatic carbocycles. The van der Waals surface area contributed by atoms with Gasteiger partial charge < -0.3 is 0 Å². The zero-order valence-electron chi connectivity index (χ0n) is 37.4. The summed E-state index contributed by atoms with van der Waals surface area (Å²) >= 11 is 0. The molecule has 2 heterocycles. The number of aryl methyl sites for hydroxylation is 4. The Morgan fingerprint density at radius 3 is 1.80 bits per heavy atom. The summed E-state index contributed by atoms with van der Waals surface area (Å²) in [5, 5.41) is 0. The minimum absolute atomic E-state index is 0.631. The molecule has 0 saturated heterocycles. The van der Waals surface area contributed by atoms with Crippen LogP contribution in [0.3, 0.4) is 0 Å². The van der Waals surface area contributed by atoms with Crippen LogP contribution in [0.25, 0.3) is 44.8 Å². The molecule has 0 spiro atoms. The van der Waals surface area contributed by atoms with Crippen LogP contribution < -0.4 is 0 Å². The van der Waals surface area contributed by atoms with Gasteiger partial charge in [0.15, 0.2) is 0 Å². The summed E-state index contributed by atoms with van der Waals surface area (Å²) in [7, 11) is 0. The van der Waals surface area contributed by atoms with Crippen LogP contribution >= 0.6 is 0 Å². The fourth-order valence-electron chi connectivity index (χ4n) is 8.02. The van der Waals surface area contributed by atoms with Crippen LogP contribution in [0.5, 0.6) is 0 Å². The Hall–Kier alpha value is -6.38. The lowest BCUT2D eigenvalue weighted by molar-refractivity contribution is 0.689. The largest absolute Gasteiger partial charge is 0.261 e. The Kier molecular flexibility index (Phi) is 15.8. The van der Waals surface area contributed by atoms with Crippen molar-refractivity contribution in [1.82, 2.24) is 4.98 Å². The standard InChI is InChI=1S/C33H29N.C14H18.C12H15N/c1-22-10-5-7-12-28(22)30-20-26(18-16-24(30)3)32-14-9-15-33(34-32)27-19-17-25(4)31(21-27)29-13-8-6-11-23(29)2;1-4-5-6-9-12(2)14-11-8-7-10-13(14)3;1-10-6-2-3-7-11(10)12-8-4-5-9-13-12/h5-21H,1-4H3;4-7,9-10H,2,8,11H2,1,3H3;2-3,7-10H,4-6H2,1H3/b;5-4-,9-6-;. The zero-order chi connectivity index (χ0) is 43.1. The van der Waals surface area contributed by atoms with Crippen molar-refractivity contribution in [1.29, 1.82) is 0 Å². The zero-order valence-corrected chi connectivity index (χ0v) is 37.4. The molecule has 5 aromatic rings. The van der Waals surface area contributed by atoms with Gasteiger partial charge in [-0.25, -0.2) is 4.98 Å². The summed E-state index contributed by atoms with van der Waals surface area (Å²) in [6, 6.07) is 36.8. The maximum atomic E-state index is 5.09. The molecule has 4 aromatic carbocycles. The van der Waals surface area contributed by atoms with Crippen LogP contribution in [0.15, 0.2) is 203 Å². The fraction of sp³-hybridized carbons (Fsp3) is 0.220. The van der Waals surface area contributed by atoms with Crippen LogP contribution in [-0.2, 0) is 0 Å². The summed E-state index contributed by atoms with van der Waals surface area (Å²) in [6.07, 6.45) is 29.1. The van der Waals surface area contributed by atoms with Crippen molar-refractivity contribution in [2.24, 2.45) is 10.9 Å². The molecule has 1 aliphatic heterocycles. The van der Waals surface area contributed by atoms with E-state index in [1.165, 1.54) is 66.9 Å². The molecule has 2 nitrogen and oxygen atoms in total. The van der Waals surface area contributed by atoms with E-state index in [1.807, 2.05) is 31.4 Å². The Morgan fingerprint density at radius 1 is 0.656 bits per heavy atom. The van der Waals surface area contributed by atoms with Crippen molar-refractivity contribution in [2.75, 3.05) is 0 Å². The molecule has 1 atom stereocenters. The van der Waals surface area contributed by atoms with Crippen molar-refractivity contribution < 1.29 is 0 Å². The van der Waals surface area contributed by atoms with Gasteiger partial charge in [0.1, 0.15) is 0 Å². The van der Waals surface area contributed by atoms with E-state index in [2.05, 4.69) is 199 Å². The number of nitrogens with zero attached hydrogens (tertiary/aromatic N) is 2. The Morgan fingerprint density at radius 2 is 1.26 bits per heavy atom. The third-order valence-electron chi connectivity index (χ3n) is 11.7. The van der Waals surface area contributed by atoms with E-state index in [0.29, 0.717) is 5.92 Å². The first kappa shape index (κ1) is 44.2. The minimum atomic E-state index is 0.631. The quantitative estimate of drug-likeness (QED) is 0.144. The Bertz CT molecular complexity index is 2480. The van der Waals surface area contributed by atoms with E-state index >= 15 is 0 Å². The van der Waals surface area contributed by atoms with Crippen LogP contribution in [-0.4, -0.2) is 11.2 Å². The lowest BCUT2D eigenvalue weighted by Crippen LogP contribution is -2.04. The highest BCUT2D eigenvalue weighted by molar-refractivity contribution is 5.79. The lowest BCUT2D eigenvalue weighted by Gasteiger charge is -2.18. The lowest BCUT2D eigenvalue weighted by atomic mass is 9.90. The topological polar surface area (TPSA) is 25.2 Å². The first-order valence-electron chi connectivity index (χ1n) is 21.9. The van der Waals surface area contributed by atoms with Gasteiger partial charge in [0, 0.05) is 17.3 Å². The summed E-state index contributed by atoms with van der Waals surface area (Å²) in [5.74, 6) is 0.631. The summed E-state index contributed by atoms with van der Waals surface area (Å²) in [6.45, 7) is 19.2. The van der Waals surface area contributed by atoms with Gasteiger partial charge in [0.25, 0.3) is 0 Å². The molecule has 1 aromatic heterocycles. The molecule has 8 rings (SSSR count). The molecule has 0 amide bonds. The molecule has 3 aliphatic rings. The van der Waals surface area contributed by atoms with E-state index in [4.69, 9.17) is 4.98 Å². The number of benzene rings is 4. The maximum Gasteiger partial charge on any atom is 0.0709 e. The van der Waals surface area contributed by atoms with E-state index in [9.17, 15) is 0 Å². The molecule has 2 heteroatoms. The average Bonchev–Trinajstić information content (AvgIpc) is 3.28. The van der Waals surface area contributed by atoms with Crippen molar-refractivity contribution in [3.8, 4) is 44.8 Å². The van der Waals surface area contributed by atoms with Crippen molar-refractivity contribution in [3.05, 3.63) is 221 Å². The molecule has 0 radical (unpaired) electrons. The second-order valence-electron chi connectivity index (χ2n) is 16.3. The minimum Gasteiger partial charge on any atom is -0.261 e. The van der Waals surface area contributed by atoms with Gasteiger partial charge >= 0.3 is 0 Å². The molecule has 308 valence electrons. The molecular formula is C59H62N2. The van der Waals surface area contributed by atoms with E-state index < -0.39 is 0 Å². The highest BCUT2D eigenvalue weighted by atomic mass is 14.7. The molecule has 61 heavy (non-hydrogen) atoms. The molecule has 1 unspecified atom stereocenters. The monoisotopic (exact) mass is 798 g/mol. The summed E-state index contributed by atoms with van der Waals surface area (Å²) < 4.78 is 0. The van der Waals surface area contributed by atoms with Gasteiger partial charge in [-0.15, -0.1) is 0 Å². The maximum absolute atomic E-state index is 5.09. The number of aliphatic imine (C=N–C) groups is 1. The molecular weight excluding hydrogens is 737 g/mol. The predicted octanol–water partition coefficient (Wildman–Crippen LogP) is 16.6. The molecule has 0 N–H and O–H groups in total. The molecule has 0 bridgehead atoms. The fourth-order valence-corrected chi connectivity index (χ4v) is 8.02. The van der Waals surface area contributed by atoms with Gasteiger partial charge in [-0.05, 0) is 171 Å². The van der Waals surface area contributed by atoms with E-state index in [1.54, 1.807) is 0 Å². The number of aromatic nitrogens is 1. The second-order valence-corrected chi connectivity index (χ2v) is 16.3. The van der Waals surface area contributed by atoms with E-state index in [0.717, 1.165) is 60.2 Å². The third kappa shape index (κ3) is 11.7. The molecule has 0 saturated carbocycles. The summed E-state index contributed by atoms with van der Waals surface area (Å²) in [5.41, 5.74) is 20.9. The predicted molar refractivity (Wildman–Crippen MR) is 266 cm³/mol. The van der Waals surface area contributed by atoms with E-state index in [-0.39, 0.29) is 0 Å². The Labute approximate surface area is 366 Å². The van der Waals surface area contributed by atoms with Gasteiger partial charge in [0.2, 0.25) is 0 Å². The van der Waals surface area contributed by atoms with Gasteiger partial charge in [-0.3, -0.25) is 4.99 Å². The number of rotatable bonds is 8. The van der Waals surface area contributed by atoms with Crippen molar-refractivity contribution in [3.63, 3.8) is 0 Å². The normalized spacial score (nSPS) is 15.8. The van der Waals surface area contributed by atoms with Crippen LogP contribution in [0.2, 0.25) is 0 Å². The highest BCUT2D eigenvalue weighted by Gasteiger charge is 2.15. The smallest absolute Gasteiger partial charge is 0.0709 e. The number of hydrogen-bond donors (Lipinski definition) is 0. The van der Waals surface area contributed by atoms with Crippen molar-refractivity contribution >= 4 is 6.21 Å². The van der Waals surface area contributed by atoms with Gasteiger partial charge in [-0.1, -0.05) is 153 Å².